The number of alkyl carbamates (subject to hydrolysis) is 1. The van der Waals surface area contributed by atoms with Gasteiger partial charge in [-0.3, -0.25) is 14.9 Å². The maximum Gasteiger partial charge on any atom is 0.407 e. The first-order valence-corrected chi connectivity index (χ1v) is 18.6. The van der Waals surface area contributed by atoms with E-state index in [1.54, 1.807) is 50.6 Å². The predicted molar refractivity (Wildman–Crippen MR) is 211 cm³/mol. The Kier molecular flexibility index (Phi) is 13.2. The first-order valence-electron chi connectivity index (χ1n) is 18.6. The maximum atomic E-state index is 13.6. The van der Waals surface area contributed by atoms with Gasteiger partial charge >= 0.3 is 6.09 Å². The summed E-state index contributed by atoms with van der Waals surface area (Å²) in [7, 11) is 3.13. The summed E-state index contributed by atoms with van der Waals surface area (Å²) < 4.78 is 22.8. The van der Waals surface area contributed by atoms with Crippen LogP contribution in [0.1, 0.15) is 66.0 Å². The number of ether oxygens (including phenoxy) is 4. The summed E-state index contributed by atoms with van der Waals surface area (Å²) in [6.07, 6.45) is 1.78. The maximum absolute atomic E-state index is 13.6. The smallest absolute Gasteiger partial charge is 0.407 e. The minimum absolute atomic E-state index is 0.0937. The van der Waals surface area contributed by atoms with Crippen molar-refractivity contribution in [1.82, 2.24) is 16.0 Å². The number of amides is 3. The molecule has 2 atom stereocenters. The van der Waals surface area contributed by atoms with Gasteiger partial charge in [-0.05, 0) is 64.1 Å². The zero-order chi connectivity index (χ0) is 38.6. The molecule has 5 aromatic carbocycles. The van der Waals surface area contributed by atoms with Gasteiger partial charge in [0.2, 0.25) is 5.91 Å². The molecule has 3 N–H and O–H groups in total. The van der Waals surface area contributed by atoms with E-state index in [1.807, 2.05) is 60.7 Å². The number of fused-ring (bicyclic) bond motifs is 3. The van der Waals surface area contributed by atoms with Crippen LogP contribution in [0.25, 0.3) is 11.1 Å². The number of carbonyl (C=O) groups is 3. The number of rotatable bonds is 17. The molecule has 1 aliphatic carbocycles. The third-order valence-corrected chi connectivity index (χ3v) is 9.76. The molecular weight excluding hydrogens is 695 g/mol. The van der Waals surface area contributed by atoms with Crippen molar-refractivity contribution in [2.45, 2.75) is 50.7 Å². The highest BCUT2D eigenvalue weighted by atomic mass is 16.5. The molecule has 0 fully saturated rings. The standard InChI is InChI=1S/C45H47N3O7/c1-4-5-19-40(46-27-30-13-7-6-8-14-30)44(50)47-42(49)29-54-32-22-20-31(21-23-32)43(38-25-24-33(52-2)26-41(38)53-3)48-45(51)55-28-39-36-17-11-9-15-34(36)35-16-10-12-18-37(35)39/h6-18,20-26,39-40,43,46H,4-5,19,27-29H2,1-3H3,(H,48,51)(H,47,49,50). The molecule has 6 rings (SSSR count). The first-order chi connectivity index (χ1) is 26.9. The lowest BCUT2D eigenvalue weighted by atomic mass is 9.97. The molecule has 3 amide bonds. The average Bonchev–Trinajstić information content (AvgIpc) is 3.55. The topological polar surface area (TPSA) is 124 Å². The van der Waals surface area contributed by atoms with Crippen molar-refractivity contribution in [3.63, 3.8) is 0 Å². The number of carbonyl (C=O) groups excluding carboxylic acids is 3. The van der Waals surface area contributed by atoms with Crippen molar-refractivity contribution in [2.75, 3.05) is 27.4 Å². The normalized spacial score (nSPS) is 12.8. The molecule has 0 aromatic heterocycles. The number of imide groups is 1. The zero-order valence-corrected chi connectivity index (χ0v) is 31.4. The summed E-state index contributed by atoms with van der Waals surface area (Å²) in [4.78, 5) is 39.4. The van der Waals surface area contributed by atoms with Gasteiger partial charge in [-0.2, -0.15) is 0 Å². The van der Waals surface area contributed by atoms with Crippen LogP contribution in [0.5, 0.6) is 17.2 Å². The van der Waals surface area contributed by atoms with Crippen LogP contribution in [0.15, 0.2) is 121 Å². The van der Waals surface area contributed by atoms with Crippen LogP contribution in [0.3, 0.4) is 0 Å². The highest BCUT2D eigenvalue weighted by molar-refractivity contribution is 5.98. The van der Waals surface area contributed by atoms with E-state index in [0.717, 1.165) is 40.7 Å². The molecule has 0 spiro atoms. The second kappa shape index (κ2) is 18.8. The van der Waals surface area contributed by atoms with Gasteiger partial charge in [-0.1, -0.05) is 111 Å². The lowest BCUT2D eigenvalue weighted by Crippen LogP contribution is -2.47. The molecule has 10 heteroatoms. The number of unbranched alkanes of at least 4 members (excludes halogenated alkanes) is 1. The summed E-state index contributed by atoms with van der Waals surface area (Å²) in [5, 5.41) is 8.80. The van der Waals surface area contributed by atoms with Crippen molar-refractivity contribution in [2.24, 2.45) is 0 Å². The molecule has 284 valence electrons. The largest absolute Gasteiger partial charge is 0.497 e. The summed E-state index contributed by atoms with van der Waals surface area (Å²) in [6.45, 7) is 2.38. The Bertz CT molecular complexity index is 2020. The van der Waals surface area contributed by atoms with Crippen LogP contribution >= 0.6 is 0 Å². The van der Waals surface area contributed by atoms with Crippen LogP contribution in [0.4, 0.5) is 4.79 Å². The van der Waals surface area contributed by atoms with Crippen LogP contribution < -0.4 is 30.2 Å². The number of hydrogen-bond donors (Lipinski definition) is 3. The molecule has 0 heterocycles. The highest BCUT2D eigenvalue weighted by Crippen LogP contribution is 2.44. The second-order valence-electron chi connectivity index (χ2n) is 13.3. The molecule has 0 saturated heterocycles. The Morgan fingerprint density at radius 1 is 0.745 bits per heavy atom. The molecule has 1 aliphatic rings. The van der Waals surface area contributed by atoms with E-state index in [-0.39, 0.29) is 25.0 Å². The monoisotopic (exact) mass is 741 g/mol. The van der Waals surface area contributed by atoms with Gasteiger partial charge in [0.25, 0.3) is 5.91 Å². The second-order valence-corrected chi connectivity index (χ2v) is 13.3. The third-order valence-electron chi connectivity index (χ3n) is 9.76. The Hall–Kier alpha value is -6.13. The fourth-order valence-corrected chi connectivity index (χ4v) is 6.89. The lowest BCUT2D eigenvalue weighted by molar-refractivity contribution is -0.132. The summed E-state index contributed by atoms with van der Waals surface area (Å²) >= 11 is 0. The van der Waals surface area contributed by atoms with E-state index in [1.165, 1.54) is 0 Å². The van der Waals surface area contributed by atoms with Crippen molar-refractivity contribution in [3.8, 4) is 28.4 Å². The fraction of sp³-hybridized carbons (Fsp3) is 0.267. The van der Waals surface area contributed by atoms with Gasteiger partial charge in [0, 0.05) is 24.1 Å². The molecule has 0 bridgehead atoms. The summed E-state index contributed by atoms with van der Waals surface area (Å²) in [6, 6.07) is 37.4. The van der Waals surface area contributed by atoms with Crippen molar-refractivity contribution < 1.29 is 33.3 Å². The van der Waals surface area contributed by atoms with Crippen LogP contribution in [-0.2, 0) is 20.9 Å². The van der Waals surface area contributed by atoms with Gasteiger partial charge < -0.3 is 29.6 Å². The predicted octanol–water partition coefficient (Wildman–Crippen LogP) is 7.70. The van der Waals surface area contributed by atoms with E-state index in [0.29, 0.717) is 41.3 Å². The van der Waals surface area contributed by atoms with Gasteiger partial charge in [0.05, 0.1) is 26.3 Å². The summed E-state index contributed by atoms with van der Waals surface area (Å²) in [5.74, 6) is 0.505. The molecule has 55 heavy (non-hydrogen) atoms. The van der Waals surface area contributed by atoms with E-state index in [2.05, 4.69) is 47.1 Å². The Labute approximate surface area is 322 Å². The Morgan fingerprint density at radius 2 is 1.40 bits per heavy atom. The van der Waals surface area contributed by atoms with Crippen molar-refractivity contribution >= 4 is 17.9 Å². The Balaban J connectivity index is 1.11. The molecule has 0 saturated carbocycles. The molecule has 10 nitrogen and oxygen atoms in total. The molecule has 2 unspecified atom stereocenters. The van der Waals surface area contributed by atoms with E-state index in [9.17, 15) is 14.4 Å². The minimum Gasteiger partial charge on any atom is -0.497 e. The SMILES string of the molecule is CCCCC(NCc1ccccc1)C(=O)NC(=O)COc1ccc(C(NC(=O)OCC2c3ccccc3-c3ccccc32)c2ccc(OC)cc2OC)cc1. The number of hydrogen-bond acceptors (Lipinski definition) is 8. The van der Waals surface area contributed by atoms with Crippen molar-refractivity contribution in [1.29, 1.82) is 0 Å². The quantitative estimate of drug-likeness (QED) is 0.0886. The zero-order valence-electron chi connectivity index (χ0n) is 31.4. The van der Waals surface area contributed by atoms with Gasteiger partial charge in [0.1, 0.15) is 23.9 Å². The van der Waals surface area contributed by atoms with Crippen LogP contribution in [0, 0.1) is 0 Å². The van der Waals surface area contributed by atoms with Crippen molar-refractivity contribution in [3.05, 3.63) is 149 Å². The Morgan fingerprint density at radius 3 is 2.05 bits per heavy atom. The average molecular weight is 742 g/mol. The van der Waals surface area contributed by atoms with Gasteiger partial charge in [-0.25, -0.2) is 4.79 Å². The first kappa shape index (κ1) is 38.6. The van der Waals surface area contributed by atoms with Gasteiger partial charge in [0.15, 0.2) is 6.61 Å². The molecule has 5 aromatic rings. The van der Waals surface area contributed by atoms with E-state index >= 15 is 0 Å². The third kappa shape index (κ3) is 9.71. The fourth-order valence-electron chi connectivity index (χ4n) is 6.89. The molecule has 0 radical (unpaired) electrons. The summed E-state index contributed by atoms with van der Waals surface area (Å²) in [5.41, 5.74) is 6.98. The van der Waals surface area contributed by atoms with E-state index < -0.39 is 24.1 Å². The van der Waals surface area contributed by atoms with Crippen LogP contribution in [0.2, 0.25) is 0 Å². The van der Waals surface area contributed by atoms with Crippen LogP contribution in [-0.4, -0.2) is 51.4 Å². The minimum atomic E-state index is -0.671. The van der Waals surface area contributed by atoms with E-state index in [4.69, 9.17) is 18.9 Å². The highest BCUT2D eigenvalue weighted by Gasteiger charge is 2.30. The number of methoxy groups -OCH3 is 2. The van der Waals surface area contributed by atoms with Gasteiger partial charge in [-0.15, -0.1) is 0 Å². The lowest BCUT2D eigenvalue weighted by Gasteiger charge is -2.23. The molecular formula is C45H47N3O7. The number of benzene rings is 5. The molecule has 0 aliphatic heterocycles. The number of nitrogens with one attached hydrogen (secondary N) is 3.